The Morgan fingerprint density at radius 1 is 0.864 bits per heavy atom. The van der Waals surface area contributed by atoms with Crippen LogP contribution < -0.4 is 0 Å². The molecular weight excluding hydrogens is 313 g/mol. The van der Waals surface area contributed by atoms with Gasteiger partial charge in [0.15, 0.2) is 0 Å². The van der Waals surface area contributed by atoms with Crippen molar-refractivity contribution in [3.8, 4) is 0 Å². The minimum atomic E-state index is 0. The van der Waals surface area contributed by atoms with E-state index in [9.17, 15) is 0 Å². The zero-order valence-electron chi connectivity index (χ0n) is 13.3. The Kier molecular flexibility index (Phi) is 8.55. The van der Waals surface area contributed by atoms with Crippen molar-refractivity contribution in [3.05, 3.63) is 71.8 Å². The highest BCUT2D eigenvalue weighted by Crippen LogP contribution is 2.29. The van der Waals surface area contributed by atoms with Crippen LogP contribution in [-0.4, -0.2) is 23.9 Å². The van der Waals surface area contributed by atoms with Gasteiger partial charge in [0.25, 0.3) is 0 Å². The largest absolute Gasteiger partial charge is 0.291 e. The summed E-state index contributed by atoms with van der Waals surface area (Å²) < 4.78 is 0. The Balaban J connectivity index is 0.00000242. The average molecular weight is 338 g/mol. The molecule has 0 saturated carbocycles. The highest BCUT2D eigenvalue weighted by Gasteiger charge is 2.22. The highest BCUT2D eigenvalue weighted by molar-refractivity contribution is 6.18. The maximum absolute atomic E-state index is 6.06. The first-order chi connectivity index (χ1) is 10.2. The fourth-order valence-electron chi connectivity index (χ4n) is 2.79. The van der Waals surface area contributed by atoms with Crippen LogP contribution >= 0.6 is 24.0 Å². The normalized spacial score (nSPS) is 11.0. The Hall–Kier alpha value is -1.02. The molecule has 0 aliphatic heterocycles. The van der Waals surface area contributed by atoms with Gasteiger partial charge < -0.3 is 0 Å². The Labute approximate surface area is 145 Å². The molecule has 0 saturated heterocycles. The molecule has 2 aromatic carbocycles. The molecule has 0 spiro atoms. The van der Waals surface area contributed by atoms with Gasteiger partial charge in [-0.1, -0.05) is 74.5 Å². The van der Waals surface area contributed by atoms with Gasteiger partial charge in [0.2, 0.25) is 0 Å². The van der Waals surface area contributed by atoms with Gasteiger partial charge in [-0.25, -0.2) is 0 Å². The maximum atomic E-state index is 6.06. The smallest absolute Gasteiger partial charge is 0.0602 e. The van der Waals surface area contributed by atoms with Gasteiger partial charge in [0.1, 0.15) is 0 Å². The summed E-state index contributed by atoms with van der Waals surface area (Å²) in [5.74, 6) is 1.27. The van der Waals surface area contributed by atoms with Gasteiger partial charge in [0.05, 0.1) is 6.04 Å². The lowest BCUT2D eigenvalue weighted by atomic mass is 9.96. The van der Waals surface area contributed by atoms with E-state index in [1.807, 2.05) is 0 Å². The van der Waals surface area contributed by atoms with E-state index in [2.05, 4.69) is 79.4 Å². The number of hydrogen-bond donors (Lipinski definition) is 0. The summed E-state index contributed by atoms with van der Waals surface area (Å²) in [6.45, 7) is 6.46. The van der Waals surface area contributed by atoms with Crippen molar-refractivity contribution in [2.45, 2.75) is 19.9 Å². The van der Waals surface area contributed by atoms with Crippen LogP contribution in [0.1, 0.15) is 31.0 Å². The number of alkyl halides is 1. The van der Waals surface area contributed by atoms with E-state index < -0.39 is 0 Å². The van der Waals surface area contributed by atoms with Gasteiger partial charge in [0, 0.05) is 19.0 Å². The van der Waals surface area contributed by atoms with E-state index in [1.54, 1.807) is 0 Å². The SMILES string of the molecule is CC(C)CN(CCCl)C(c1ccccc1)c1ccccc1.Cl. The van der Waals surface area contributed by atoms with Crippen molar-refractivity contribution in [2.24, 2.45) is 5.92 Å². The van der Waals surface area contributed by atoms with E-state index in [0.29, 0.717) is 11.8 Å². The van der Waals surface area contributed by atoms with Crippen LogP contribution in [0.4, 0.5) is 0 Å². The predicted octanol–water partition coefficient (Wildman–Crippen LogP) is 5.39. The van der Waals surface area contributed by atoms with Gasteiger partial charge in [-0.3, -0.25) is 4.90 Å². The molecule has 0 heterocycles. The molecule has 0 radical (unpaired) electrons. The predicted molar refractivity (Wildman–Crippen MR) is 99.1 cm³/mol. The molecule has 2 aromatic rings. The molecule has 0 amide bonds. The van der Waals surface area contributed by atoms with Gasteiger partial charge in [-0.15, -0.1) is 24.0 Å². The van der Waals surface area contributed by atoms with Gasteiger partial charge in [-0.05, 0) is 17.0 Å². The third-order valence-electron chi connectivity index (χ3n) is 3.57. The lowest BCUT2D eigenvalue weighted by molar-refractivity contribution is 0.212. The molecule has 2 rings (SSSR count). The molecule has 0 atom stereocenters. The first kappa shape index (κ1) is 19.0. The maximum Gasteiger partial charge on any atom is 0.0602 e. The first-order valence-electron chi connectivity index (χ1n) is 7.62. The van der Waals surface area contributed by atoms with E-state index >= 15 is 0 Å². The van der Waals surface area contributed by atoms with Crippen molar-refractivity contribution in [2.75, 3.05) is 19.0 Å². The van der Waals surface area contributed by atoms with Crippen molar-refractivity contribution in [3.63, 3.8) is 0 Å². The number of benzene rings is 2. The monoisotopic (exact) mass is 337 g/mol. The summed E-state index contributed by atoms with van der Waals surface area (Å²) in [6.07, 6.45) is 0. The molecule has 22 heavy (non-hydrogen) atoms. The number of rotatable bonds is 7. The number of nitrogens with zero attached hydrogens (tertiary/aromatic N) is 1. The van der Waals surface area contributed by atoms with E-state index in [0.717, 1.165) is 13.1 Å². The quantitative estimate of drug-likeness (QED) is 0.612. The summed E-state index contributed by atoms with van der Waals surface area (Å²) in [5, 5.41) is 0. The molecule has 1 nitrogen and oxygen atoms in total. The molecule has 0 aliphatic rings. The van der Waals surface area contributed by atoms with Crippen molar-refractivity contribution < 1.29 is 0 Å². The van der Waals surface area contributed by atoms with Crippen LogP contribution in [0.15, 0.2) is 60.7 Å². The highest BCUT2D eigenvalue weighted by atomic mass is 35.5. The molecule has 0 aliphatic carbocycles. The zero-order chi connectivity index (χ0) is 15.1. The molecule has 0 fully saturated rings. The number of hydrogen-bond acceptors (Lipinski definition) is 1. The van der Waals surface area contributed by atoms with Crippen LogP contribution in [0.3, 0.4) is 0 Å². The summed E-state index contributed by atoms with van der Waals surface area (Å²) in [5.41, 5.74) is 2.66. The zero-order valence-corrected chi connectivity index (χ0v) is 14.9. The second kappa shape index (κ2) is 9.89. The van der Waals surface area contributed by atoms with Gasteiger partial charge >= 0.3 is 0 Å². The number of halogens is 2. The average Bonchev–Trinajstić information content (AvgIpc) is 2.49. The summed E-state index contributed by atoms with van der Waals surface area (Å²) in [7, 11) is 0. The Bertz CT molecular complexity index is 474. The molecular formula is C19H25Cl2N. The molecule has 0 unspecified atom stereocenters. The van der Waals surface area contributed by atoms with Gasteiger partial charge in [-0.2, -0.15) is 0 Å². The van der Waals surface area contributed by atoms with E-state index in [4.69, 9.17) is 11.6 Å². The lowest BCUT2D eigenvalue weighted by Gasteiger charge is -2.33. The fourth-order valence-corrected chi connectivity index (χ4v) is 3.01. The molecule has 0 N–H and O–H groups in total. The van der Waals surface area contributed by atoms with Crippen molar-refractivity contribution in [1.82, 2.24) is 4.90 Å². The summed E-state index contributed by atoms with van der Waals surface area (Å²) >= 11 is 6.06. The second-order valence-electron chi connectivity index (χ2n) is 5.80. The van der Waals surface area contributed by atoms with Crippen LogP contribution in [0.5, 0.6) is 0 Å². The third-order valence-corrected chi connectivity index (χ3v) is 3.74. The van der Waals surface area contributed by atoms with E-state index in [1.165, 1.54) is 11.1 Å². The Morgan fingerprint density at radius 2 is 1.32 bits per heavy atom. The summed E-state index contributed by atoms with van der Waals surface area (Å²) in [4.78, 5) is 2.49. The standard InChI is InChI=1S/C19H24ClN.ClH/c1-16(2)15-21(14-13-20)19(17-9-5-3-6-10-17)18-11-7-4-8-12-18;/h3-12,16,19H,13-15H2,1-2H3;1H. The third kappa shape index (κ3) is 5.31. The minimum absolute atomic E-state index is 0. The van der Waals surface area contributed by atoms with Crippen LogP contribution in [0, 0.1) is 5.92 Å². The lowest BCUT2D eigenvalue weighted by Crippen LogP contribution is -2.34. The van der Waals surface area contributed by atoms with Crippen LogP contribution in [-0.2, 0) is 0 Å². The van der Waals surface area contributed by atoms with Crippen molar-refractivity contribution >= 4 is 24.0 Å². The molecule has 0 bridgehead atoms. The van der Waals surface area contributed by atoms with Crippen molar-refractivity contribution in [1.29, 1.82) is 0 Å². The van der Waals surface area contributed by atoms with E-state index in [-0.39, 0.29) is 18.4 Å². The first-order valence-corrected chi connectivity index (χ1v) is 8.15. The van der Waals surface area contributed by atoms with Crippen LogP contribution in [0.2, 0.25) is 0 Å². The van der Waals surface area contributed by atoms with Crippen LogP contribution in [0.25, 0.3) is 0 Å². The molecule has 3 heteroatoms. The topological polar surface area (TPSA) is 3.24 Å². The minimum Gasteiger partial charge on any atom is -0.291 e. The molecule has 120 valence electrons. The second-order valence-corrected chi connectivity index (χ2v) is 6.18. The summed E-state index contributed by atoms with van der Waals surface area (Å²) in [6, 6.07) is 21.7. The Morgan fingerprint density at radius 3 is 1.68 bits per heavy atom. The fraction of sp³-hybridized carbons (Fsp3) is 0.368. The molecule has 0 aromatic heterocycles.